The van der Waals surface area contributed by atoms with Crippen molar-refractivity contribution in [3.63, 3.8) is 0 Å². The molecule has 4 nitrogen and oxygen atoms in total. The minimum absolute atomic E-state index is 0.0241. The van der Waals surface area contributed by atoms with Crippen LogP contribution in [0.2, 0.25) is 0 Å². The molecule has 0 saturated carbocycles. The molecule has 0 aliphatic rings. The summed E-state index contributed by atoms with van der Waals surface area (Å²) in [5.74, 6) is -0.0241. The molecule has 0 aliphatic carbocycles. The van der Waals surface area contributed by atoms with Crippen LogP contribution in [0.5, 0.6) is 0 Å². The maximum absolute atomic E-state index is 12.4. The smallest absolute Gasteiger partial charge is 0.230 e. The van der Waals surface area contributed by atoms with Crippen molar-refractivity contribution in [3.05, 3.63) is 77.4 Å². The van der Waals surface area contributed by atoms with E-state index in [0.717, 1.165) is 33.2 Å². The highest BCUT2D eigenvalue weighted by Crippen LogP contribution is 2.24. The molecule has 2 aromatic carbocycles. The van der Waals surface area contributed by atoms with Crippen molar-refractivity contribution in [2.24, 2.45) is 0 Å². The SMILES string of the molecule is Cc1ccccc1NC(=O)Cc1csc2nc(-c3ccccc3)cn12. The van der Waals surface area contributed by atoms with E-state index in [1.54, 1.807) is 11.3 Å². The Hall–Kier alpha value is -2.92. The molecule has 2 aromatic heterocycles. The number of carbonyl (C=O) groups is 1. The largest absolute Gasteiger partial charge is 0.326 e. The van der Waals surface area contributed by atoms with Gasteiger partial charge < -0.3 is 5.32 Å². The number of thiazole rings is 1. The van der Waals surface area contributed by atoms with Gasteiger partial charge in [0.25, 0.3) is 0 Å². The molecule has 124 valence electrons. The Morgan fingerprint density at radius 1 is 1.12 bits per heavy atom. The molecule has 4 rings (SSSR count). The van der Waals surface area contributed by atoms with Crippen LogP contribution < -0.4 is 5.32 Å². The van der Waals surface area contributed by atoms with Gasteiger partial charge in [0.05, 0.1) is 12.1 Å². The summed E-state index contributed by atoms with van der Waals surface area (Å²) in [6.07, 6.45) is 2.32. The van der Waals surface area contributed by atoms with Gasteiger partial charge in [-0.25, -0.2) is 4.98 Å². The Morgan fingerprint density at radius 3 is 2.68 bits per heavy atom. The number of nitrogens with one attached hydrogen (secondary N) is 1. The number of hydrogen-bond acceptors (Lipinski definition) is 3. The van der Waals surface area contributed by atoms with E-state index < -0.39 is 0 Å². The Morgan fingerprint density at radius 2 is 1.88 bits per heavy atom. The van der Waals surface area contributed by atoms with Crippen LogP contribution in [0, 0.1) is 6.92 Å². The fourth-order valence-corrected chi connectivity index (χ4v) is 3.65. The van der Waals surface area contributed by atoms with E-state index in [1.807, 2.05) is 77.5 Å². The van der Waals surface area contributed by atoms with Crippen LogP contribution in [0.15, 0.2) is 66.2 Å². The lowest BCUT2D eigenvalue weighted by atomic mass is 10.2. The van der Waals surface area contributed by atoms with Gasteiger partial charge in [0.2, 0.25) is 5.91 Å². The number of aromatic nitrogens is 2. The van der Waals surface area contributed by atoms with E-state index in [1.165, 1.54) is 0 Å². The number of rotatable bonds is 4. The highest BCUT2D eigenvalue weighted by molar-refractivity contribution is 7.15. The summed E-state index contributed by atoms with van der Waals surface area (Å²) in [5, 5.41) is 4.98. The normalized spacial score (nSPS) is 10.9. The average Bonchev–Trinajstić information content (AvgIpc) is 3.20. The molecule has 2 heterocycles. The molecular formula is C20H17N3OS. The van der Waals surface area contributed by atoms with Crippen molar-refractivity contribution in [3.8, 4) is 11.3 Å². The van der Waals surface area contributed by atoms with Crippen molar-refractivity contribution >= 4 is 27.9 Å². The third-order valence-electron chi connectivity index (χ3n) is 4.11. The molecule has 5 heteroatoms. The number of aryl methyl sites for hydroxylation is 1. The number of para-hydroxylation sites is 1. The van der Waals surface area contributed by atoms with Crippen molar-refractivity contribution in [2.45, 2.75) is 13.3 Å². The van der Waals surface area contributed by atoms with Crippen molar-refractivity contribution in [1.82, 2.24) is 9.38 Å². The molecule has 0 atom stereocenters. The van der Waals surface area contributed by atoms with Crippen LogP contribution in [0.25, 0.3) is 16.2 Å². The number of carbonyl (C=O) groups excluding carboxylic acids is 1. The Labute approximate surface area is 149 Å². The van der Waals surface area contributed by atoms with Gasteiger partial charge in [-0.1, -0.05) is 48.5 Å². The lowest BCUT2D eigenvalue weighted by Gasteiger charge is -2.07. The lowest BCUT2D eigenvalue weighted by molar-refractivity contribution is -0.115. The minimum atomic E-state index is -0.0241. The molecule has 1 N–H and O–H groups in total. The zero-order valence-corrected chi connectivity index (χ0v) is 14.6. The Balaban J connectivity index is 1.56. The van der Waals surface area contributed by atoms with Crippen molar-refractivity contribution in [1.29, 1.82) is 0 Å². The van der Waals surface area contributed by atoms with Crippen LogP contribution in [0.4, 0.5) is 5.69 Å². The van der Waals surface area contributed by atoms with E-state index in [0.29, 0.717) is 6.42 Å². The summed E-state index contributed by atoms with van der Waals surface area (Å²) < 4.78 is 2.00. The number of nitrogens with zero attached hydrogens (tertiary/aromatic N) is 2. The first-order valence-electron chi connectivity index (χ1n) is 8.07. The van der Waals surface area contributed by atoms with E-state index in [4.69, 9.17) is 0 Å². The second kappa shape index (κ2) is 6.53. The topological polar surface area (TPSA) is 46.4 Å². The fourth-order valence-electron chi connectivity index (χ4n) is 2.78. The van der Waals surface area contributed by atoms with Gasteiger partial charge in [-0.15, -0.1) is 11.3 Å². The van der Waals surface area contributed by atoms with Gasteiger partial charge >= 0.3 is 0 Å². The molecule has 0 spiro atoms. The van der Waals surface area contributed by atoms with Gasteiger partial charge in [-0.3, -0.25) is 9.20 Å². The van der Waals surface area contributed by atoms with Crippen molar-refractivity contribution < 1.29 is 4.79 Å². The van der Waals surface area contributed by atoms with E-state index in [2.05, 4.69) is 10.3 Å². The van der Waals surface area contributed by atoms with E-state index in [9.17, 15) is 4.79 Å². The molecule has 0 saturated heterocycles. The zero-order chi connectivity index (χ0) is 17.2. The summed E-state index contributed by atoms with van der Waals surface area (Å²) >= 11 is 1.55. The molecule has 0 bridgehead atoms. The quantitative estimate of drug-likeness (QED) is 0.588. The summed E-state index contributed by atoms with van der Waals surface area (Å²) in [6.45, 7) is 1.99. The van der Waals surface area contributed by atoms with Gasteiger partial charge in [-0.05, 0) is 18.6 Å². The van der Waals surface area contributed by atoms with Crippen LogP contribution in [0.1, 0.15) is 11.3 Å². The van der Waals surface area contributed by atoms with Gasteiger partial charge in [0.15, 0.2) is 4.96 Å². The first kappa shape index (κ1) is 15.6. The first-order valence-corrected chi connectivity index (χ1v) is 8.95. The fraction of sp³-hybridized carbons (Fsp3) is 0.100. The lowest BCUT2D eigenvalue weighted by Crippen LogP contribution is -2.15. The first-order chi connectivity index (χ1) is 12.2. The molecule has 0 fully saturated rings. The molecule has 0 aliphatic heterocycles. The Kier molecular flexibility index (Phi) is 4.07. The maximum Gasteiger partial charge on any atom is 0.230 e. The molecule has 1 amide bonds. The molecular weight excluding hydrogens is 330 g/mol. The maximum atomic E-state index is 12.4. The third-order valence-corrected chi connectivity index (χ3v) is 5.00. The van der Waals surface area contributed by atoms with Crippen molar-refractivity contribution in [2.75, 3.05) is 5.32 Å². The van der Waals surface area contributed by atoms with Crippen LogP contribution in [-0.4, -0.2) is 15.3 Å². The molecule has 4 aromatic rings. The number of anilines is 1. The van der Waals surface area contributed by atoms with Gasteiger partial charge in [-0.2, -0.15) is 0 Å². The second-order valence-electron chi connectivity index (χ2n) is 5.91. The zero-order valence-electron chi connectivity index (χ0n) is 13.8. The predicted octanol–water partition coefficient (Wildman–Crippen LogP) is 4.55. The number of benzene rings is 2. The highest BCUT2D eigenvalue weighted by Gasteiger charge is 2.13. The molecule has 0 unspecified atom stereocenters. The average molecular weight is 347 g/mol. The van der Waals surface area contributed by atoms with Crippen LogP contribution in [-0.2, 0) is 11.2 Å². The van der Waals surface area contributed by atoms with E-state index in [-0.39, 0.29) is 5.91 Å². The number of fused-ring (bicyclic) bond motifs is 1. The second-order valence-corrected chi connectivity index (χ2v) is 6.75. The van der Waals surface area contributed by atoms with E-state index >= 15 is 0 Å². The highest BCUT2D eigenvalue weighted by atomic mass is 32.1. The molecule has 0 radical (unpaired) electrons. The van der Waals surface area contributed by atoms with Crippen LogP contribution >= 0.6 is 11.3 Å². The summed E-state index contributed by atoms with van der Waals surface area (Å²) in [4.78, 5) is 18.0. The summed E-state index contributed by atoms with van der Waals surface area (Å²) in [5.41, 5.74) is 4.86. The predicted molar refractivity (Wildman–Crippen MR) is 102 cm³/mol. The Bertz CT molecular complexity index is 1030. The van der Waals surface area contributed by atoms with Crippen LogP contribution in [0.3, 0.4) is 0 Å². The number of amides is 1. The third kappa shape index (κ3) is 3.19. The summed E-state index contributed by atoms with van der Waals surface area (Å²) in [7, 11) is 0. The standard InChI is InChI=1S/C20H17N3OS/c1-14-7-5-6-10-17(14)21-19(24)11-16-13-25-20-22-18(12-23(16)20)15-8-3-2-4-9-15/h2-10,12-13H,11H2,1H3,(H,21,24). The summed E-state index contributed by atoms with van der Waals surface area (Å²) in [6, 6.07) is 17.9. The van der Waals surface area contributed by atoms with Gasteiger partial charge in [0.1, 0.15) is 0 Å². The monoisotopic (exact) mass is 347 g/mol. The minimum Gasteiger partial charge on any atom is -0.326 e. The molecule has 25 heavy (non-hydrogen) atoms. The van der Waals surface area contributed by atoms with Gasteiger partial charge in [0, 0.05) is 28.5 Å². The number of imidazole rings is 1. The number of hydrogen-bond donors (Lipinski definition) is 1.